The minimum absolute atomic E-state index is 0.0656. The molecule has 0 saturated carbocycles. The third kappa shape index (κ3) is 7.01. The van der Waals surface area contributed by atoms with Crippen LogP contribution in [0, 0.1) is 0 Å². The van der Waals surface area contributed by atoms with E-state index in [9.17, 15) is 4.79 Å². The molecule has 3 heteroatoms. The maximum Gasteiger partial charge on any atom is 0.258 e. The van der Waals surface area contributed by atoms with E-state index in [0.29, 0.717) is 6.54 Å². The van der Waals surface area contributed by atoms with Crippen LogP contribution in [0.3, 0.4) is 0 Å². The van der Waals surface area contributed by atoms with Crippen molar-refractivity contribution in [1.82, 2.24) is 5.32 Å². The lowest BCUT2D eigenvalue weighted by atomic mass is 9.98. The van der Waals surface area contributed by atoms with Crippen LogP contribution >= 0.6 is 0 Å². The molecule has 0 heterocycles. The lowest BCUT2D eigenvalue weighted by Gasteiger charge is -2.26. The molecule has 4 aromatic carbocycles. The van der Waals surface area contributed by atoms with E-state index >= 15 is 0 Å². The summed E-state index contributed by atoms with van der Waals surface area (Å²) in [5, 5.41) is 5.10. The monoisotopic (exact) mass is 504 g/mol. The standard InChI is InChI=1S/C28H27NO.C7H13N/c1-3-19-29(28(30)26-16-10-14-23-13-8-9-15-25(23)26)27-18-17-24(20-21(27)4-2)22-11-6-5-7-12-22;1-4-7(5-2)8-6-3/h5-18,20H,3-4,19H2,1-2H3;4,6,8H,3,5H2,1-2H3/b;7-4-. The number of carbonyl (C=O) groups is 1. The zero-order valence-corrected chi connectivity index (χ0v) is 23.2. The van der Waals surface area contributed by atoms with Crippen molar-refractivity contribution in [2.24, 2.45) is 0 Å². The number of carbonyl (C=O) groups excluding carboxylic acids is 1. The maximum atomic E-state index is 13.7. The Bertz CT molecular complexity index is 1370. The highest BCUT2D eigenvalue weighted by atomic mass is 16.2. The second-order valence-electron chi connectivity index (χ2n) is 9.06. The molecule has 0 unspecified atom stereocenters. The van der Waals surface area contributed by atoms with Crippen molar-refractivity contribution in [2.45, 2.75) is 47.0 Å². The second kappa shape index (κ2) is 14.6. The number of anilines is 1. The predicted octanol–water partition coefficient (Wildman–Crippen LogP) is 9.16. The first-order valence-corrected chi connectivity index (χ1v) is 13.6. The number of fused-ring (bicyclic) bond motifs is 1. The van der Waals surface area contributed by atoms with Gasteiger partial charge in [-0.1, -0.05) is 106 Å². The van der Waals surface area contributed by atoms with Crippen molar-refractivity contribution in [2.75, 3.05) is 11.4 Å². The first-order valence-electron chi connectivity index (χ1n) is 13.6. The summed E-state index contributed by atoms with van der Waals surface area (Å²) in [6.45, 7) is 12.6. The highest BCUT2D eigenvalue weighted by Crippen LogP contribution is 2.30. The van der Waals surface area contributed by atoms with Gasteiger partial charge in [-0.3, -0.25) is 4.79 Å². The number of allylic oxidation sites excluding steroid dienone is 2. The van der Waals surface area contributed by atoms with Gasteiger partial charge in [0, 0.05) is 23.5 Å². The van der Waals surface area contributed by atoms with Gasteiger partial charge in [-0.25, -0.2) is 0 Å². The summed E-state index contributed by atoms with van der Waals surface area (Å²) in [6, 6.07) is 30.9. The fourth-order valence-corrected chi connectivity index (χ4v) is 4.58. The van der Waals surface area contributed by atoms with Crippen molar-refractivity contribution in [3.05, 3.63) is 127 Å². The number of hydrogen-bond acceptors (Lipinski definition) is 2. The molecular weight excluding hydrogens is 464 g/mol. The summed E-state index contributed by atoms with van der Waals surface area (Å²) in [5.41, 5.74) is 6.57. The van der Waals surface area contributed by atoms with Crippen LogP contribution in [-0.2, 0) is 6.42 Å². The van der Waals surface area contributed by atoms with E-state index < -0.39 is 0 Å². The van der Waals surface area contributed by atoms with Gasteiger partial charge in [-0.2, -0.15) is 0 Å². The number of hydrogen-bond donors (Lipinski definition) is 1. The van der Waals surface area contributed by atoms with Crippen LogP contribution in [0.15, 0.2) is 116 Å². The summed E-state index contributed by atoms with van der Waals surface area (Å²) in [4.78, 5) is 15.7. The fraction of sp³-hybridized carbons (Fsp3) is 0.229. The van der Waals surface area contributed by atoms with Gasteiger partial charge in [0.1, 0.15) is 0 Å². The Morgan fingerprint density at radius 1 is 0.868 bits per heavy atom. The summed E-state index contributed by atoms with van der Waals surface area (Å²) < 4.78 is 0. The van der Waals surface area contributed by atoms with E-state index in [1.807, 2.05) is 54.3 Å². The van der Waals surface area contributed by atoms with Crippen LogP contribution in [0.2, 0.25) is 0 Å². The second-order valence-corrected chi connectivity index (χ2v) is 9.06. The molecule has 196 valence electrons. The molecule has 38 heavy (non-hydrogen) atoms. The van der Waals surface area contributed by atoms with Crippen LogP contribution in [0.5, 0.6) is 0 Å². The third-order valence-corrected chi connectivity index (χ3v) is 6.59. The van der Waals surface area contributed by atoms with Crippen molar-refractivity contribution in [3.63, 3.8) is 0 Å². The number of nitrogens with one attached hydrogen (secondary N) is 1. The number of amides is 1. The number of nitrogens with zero attached hydrogens (tertiary/aromatic N) is 1. The highest BCUT2D eigenvalue weighted by molar-refractivity contribution is 6.14. The molecule has 0 aliphatic carbocycles. The van der Waals surface area contributed by atoms with Gasteiger partial charge in [-0.15, -0.1) is 0 Å². The van der Waals surface area contributed by atoms with Crippen LogP contribution < -0.4 is 10.2 Å². The molecule has 1 amide bonds. The highest BCUT2D eigenvalue weighted by Gasteiger charge is 2.21. The molecule has 0 radical (unpaired) electrons. The molecule has 0 atom stereocenters. The molecule has 0 aliphatic rings. The Balaban J connectivity index is 0.000000436. The molecule has 1 N–H and O–H groups in total. The van der Waals surface area contributed by atoms with Gasteiger partial charge in [-0.05, 0) is 78.0 Å². The molecule has 4 aromatic rings. The molecule has 4 rings (SSSR count). The SMILES string of the molecule is C=CN/C(=C\C)CC.CCCN(C(=O)c1cccc2ccccc12)c1ccc(-c2ccccc2)cc1CC. The zero-order chi connectivity index (χ0) is 27.3. The molecule has 0 aromatic heterocycles. The Morgan fingerprint density at radius 2 is 1.58 bits per heavy atom. The van der Waals surface area contributed by atoms with E-state index in [1.165, 1.54) is 22.4 Å². The lowest BCUT2D eigenvalue weighted by molar-refractivity contribution is 0.0988. The number of rotatable bonds is 9. The summed E-state index contributed by atoms with van der Waals surface area (Å²) >= 11 is 0. The molecule has 3 nitrogen and oxygen atoms in total. The van der Waals surface area contributed by atoms with Gasteiger partial charge < -0.3 is 10.2 Å². The number of aryl methyl sites for hydroxylation is 1. The maximum absolute atomic E-state index is 13.7. The van der Waals surface area contributed by atoms with E-state index in [4.69, 9.17) is 0 Å². The largest absolute Gasteiger partial charge is 0.366 e. The van der Waals surface area contributed by atoms with Gasteiger partial charge in [0.05, 0.1) is 0 Å². The Labute approximate surface area is 228 Å². The Hall–Kier alpha value is -4.11. The lowest BCUT2D eigenvalue weighted by Crippen LogP contribution is -2.32. The van der Waals surface area contributed by atoms with Crippen LogP contribution in [0.4, 0.5) is 5.69 Å². The van der Waals surface area contributed by atoms with E-state index in [-0.39, 0.29) is 5.91 Å². The quantitative estimate of drug-likeness (QED) is 0.246. The van der Waals surface area contributed by atoms with E-state index in [1.54, 1.807) is 6.20 Å². The first-order chi connectivity index (χ1) is 18.6. The molecular formula is C35H40N2O. The summed E-state index contributed by atoms with van der Waals surface area (Å²) in [5.74, 6) is 0.0656. The van der Waals surface area contributed by atoms with E-state index in [0.717, 1.165) is 41.3 Å². The van der Waals surface area contributed by atoms with Gasteiger partial charge >= 0.3 is 0 Å². The van der Waals surface area contributed by atoms with Crippen LogP contribution in [-0.4, -0.2) is 12.5 Å². The average molecular weight is 505 g/mol. The smallest absolute Gasteiger partial charge is 0.258 e. The molecule has 0 saturated heterocycles. The summed E-state index contributed by atoms with van der Waals surface area (Å²) in [7, 11) is 0. The Kier molecular flexibility index (Phi) is 10.9. The van der Waals surface area contributed by atoms with Gasteiger partial charge in [0.15, 0.2) is 0 Å². The van der Waals surface area contributed by atoms with E-state index in [2.05, 4.69) is 87.3 Å². The van der Waals surface area contributed by atoms with Crippen LogP contribution in [0.1, 0.15) is 56.5 Å². The van der Waals surface area contributed by atoms with Crippen LogP contribution in [0.25, 0.3) is 21.9 Å². The number of benzene rings is 4. The predicted molar refractivity (Wildman–Crippen MR) is 165 cm³/mol. The normalized spacial score (nSPS) is 10.9. The van der Waals surface area contributed by atoms with Crippen molar-refractivity contribution in [3.8, 4) is 11.1 Å². The topological polar surface area (TPSA) is 32.3 Å². The van der Waals surface area contributed by atoms with Gasteiger partial charge in [0.2, 0.25) is 0 Å². The van der Waals surface area contributed by atoms with Gasteiger partial charge in [0.25, 0.3) is 5.91 Å². The molecule has 0 fully saturated rings. The molecule has 0 aliphatic heterocycles. The van der Waals surface area contributed by atoms with Crippen molar-refractivity contribution in [1.29, 1.82) is 0 Å². The van der Waals surface area contributed by atoms with Crippen molar-refractivity contribution >= 4 is 22.4 Å². The minimum Gasteiger partial charge on any atom is -0.366 e. The molecule has 0 bridgehead atoms. The third-order valence-electron chi connectivity index (χ3n) is 6.59. The minimum atomic E-state index is 0.0656. The molecule has 0 spiro atoms. The van der Waals surface area contributed by atoms with Crippen molar-refractivity contribution < 1.29 is 4.79 Å². The first kappa shape index (κ1) is 28.5. The zero-order valence-electron chi connectivity index (χ0n) is 23.2. The average Bonchev–Trinajstić information content (AvgIpc) is 2.98. The fourth-order valence-electron chi connectivity index (χ4n) is 4.58. The Morgan fingerprint density at radius 3 is 2.21 bits per heavy atom. The summed E-state index contributed by atoms with van der Waals surface area (Å²) in [6.07, 6.45) is 6.56.